The fourth-order valence-electron chi connectivity index (χ4n) is 2.01. The molecule has 0 aliphatic heterocycles. The highest BCUT2D eigenvalue weighted by atomic mass is 16.5. The van der Waals surface area contributed by atoms with Crippen LogP contribution in [0.25, 0.3) is 0 Å². The highest BCUT2D eigenvalue weighted by Crippen LogP contribution is 1.91. The number of rotatable bonds is 8. The summed E-state index contributed by atoms with van der Waals surface area (Å²) in [5, 5.41) is 13.2. The van der Waals surface area contributed by atoms with E-state index in [9.17, 15) is 0 Å². The van der Waals surface area contributed by atoms with Crippen molar-refractivity contribution in [1.82, 2.24) is 21.3 Å². The first kappa shape index (κ1) is 25.2. The quantitative estimate of drug-likeness (QED) is 0.292. The fourth-order valence-corrected chi connectivity index (χ4v) is 2.01. The minimum absolute atomic E-state index is 0.158. The van der Waals surface area contributed by atoms with Crippen molar-refractivity contribution in [2.75, 3.05) is 20.3 Å². The number of aliphatic imine (C=N–C) groups is 3. The van der Waals surface area contributed by atoms with Crippen LogP contribution in [0, 0.1) is 0 Å². The molecule has 0 aromatic rings. The van der Waals surface area contributed by atoms with Crippen molar-refractivity contribution in [2.45, 2.75) is 86.0 Å². The van der Waals surface area contributed by atoms with Crippen LogP contribution in [-0.2, 0) is 4.74 Å². The maximum absolute atomic E-state index is 5.11. The SMILES string of the molecule is COCCCN=C(NC(=NC(C)C)NC(C)C)NC(=NC(C)C)NC(C)C. The van der Waals surface area contributed by atoms with Crippen LogP contribution in [0.1, 0.15) is 61.8 Å². The van der Waals surface area contributed by atoms with Gasteiger partial charge in [0.05, 0.1) is 0 Å². The van der Waals surface area contributed by atoms with Crippen molar-refractivity contribution in [3.63, 3.8) is 0 Å². The van der Waals surface area contributed by atoms with E-state index in [1.165, 1.54) is 0 Å². The van der Waals surface area contributed by atoms with E-state index < -0.39 is 0 Å². The molecule has 0 spiro atoms. The van der Waals surface area contributed by atoms with Crippen LogP contribution < -0.4 is 21.3 Å². The summed E-state index contributed by atoms with van der Waals surface area (Å²) in [4.78, 5) is 13.9. The zero-order valence-corrected chi connectivity index (χ0v) is 18.7. The van der Waals surface area contributed by atoms with Gasteiger partial charge in [-0.1, -0.05) is 0 Å². The van der Waals surface area contributed by atoms with Crippen LogP contribution in [0.4, 0.5) is 0 Å². The summed E-state index contributed by atoms with van der Waals surface area (Å²) in [6.45, 7) is 17.8. The fraction of sp³-hybridized carbons (Fsp3) is 0.842. The van der Waals surface area contributed by atoms with Gasteiger partial charge in [-0.05, 0) is 61.8 Å². The molecule has 0 amide bonds. The third-order valence-corrected chi connectivity index (χ3v) is 2.88. The Morgan fingerprint density at radius 1 is 0.741 bits per heavy atom. The summed E-state index contributed by atoms with van der Waals surface area (Å²) in [6.07, 6.45) is 0.839. The van der Waals surface area contributed by atoms with Gasteiger partial charge in [-0.2, -0.15) is 0 Å². The van der Waals surface area contributed by atoms with Crippen LogP contribution in [0.2, 0.25) is 0 Å². The predicted molar refractivity (Wildman–Crippen MR) is 117 cm³/mol. The number of hydrogen-bond donors (Lipinski definition) is 4. The Kier molecular flexibility index (Phi) is 13.3. The predicted octanol–water partition coefficient (Wildman–Crippen LogP) is 2.08. The van der Waals surface area contributed by atoms with Crippen LogP contribution >= 0.6 is 0 Å². The van der Waals surface area contributed by atoms with E-state index in [1.807, 2.05) is 27.7 Å². The molecule has 0 aliphatic carbocycles. The van der Waals surface area contributed by atoms with Crippen LogP contribution in [-0.4, -0.2) is 62.3 Å². The van der Waals surface area contributed by atoms with Gasteiger partial charge < -0.3 is 15.4 Å². The lowest BCUT2D eigenvalue weighted by Gasteiger charge is -2.21. The lowest BCUT2D eigenvalue weighted by molar-refractivity contribution is 0.197. The van der Waals surface area contributed by atoms with E-state index >= 15 is 0 Å². The number of hydrogen-bond acceptors (Lipinski definition) is 4. The maximum atomic E-state index is 5.11. The van der Waals surface area contributed by atoms with Crippen LogP contribution in [0.5, 0.6) is 0 Å². The number of ether oxygens (including phenoxy) is 1. The number of methoxy groups -OCH3 is 1. The molecule has 0 aromatic carbocycles. The first-order valence-electron chi connectivity index (χ1n) is 9.90. The van der Waals surface area contributed by atoms with E-state index in [1.54, 1.807) is 7.11 Å². The zero-order valence-electron chi connectivity index (χ0n) is 18.7. The van der Waals surface area contributed by atoms with Crippen molar-refractivity contribution >= 4 is 17.9 Å². The molecule has 0 unspecified atom stereocenters. The molecule has 0 radical (unpaired) electrons. The van der Waals surface area contributed by atoms with Crippen molar-refractivity contribution in [3.05, 3.63) is 0 Å². The first-order chi connectivity index (χ1) is 12.6. The molecule has 0 saturated carbocycles. The molecular formula is C19H41N7O. The van der Waals surface area contributed by atoms with Crippen molar-refractivity contribution in [3.8, 4) is 0 Å². The molecule has 0 aromatic heterocycles. The van der Waals surface area contributed by atoms with E-state index in [4.69, 9.17) is 4.74 Å². The van der Waals surface area contributed by atoms with Gasteiger partial charge in [0.15, 0.2) is 11.9 Å². The van der Waals surface area contributed by atoms with Crippen molar-refractivity contribution in [2.24, 2.45) is 15.0 Å². The monoisotopic (exact) mass is 383 g/mol. The van der Waals surface area contributed by atoms with Gasteiger partial charge in [0, 0.05) is 44.4 Å². The highest BCUT2D eigenvalue weighted by Gasteiger charge is 2.10. The molecule has 27 heavy (non-hydrogen) atoms. The van der Waals surface area contributed by atoms with E-state index in [0.717, 1.165) is 6.42 Å². The molecule has 4 N–H and O–H groups in total. The van der Waals surface area contributed by atoms with E-state index in [2.05, 4.69) is 63.9 Å². The Balaban J connectivity index is 5.45. The largest absolute Gasteiger partial charge is 0.385 e. The first-order valence-corrected chi connectivity index (χ1v) is 9.90. The molecule has 0 saturated heterocycles. The summed E-state index contributed by atoms with van der Waals surface area (Å²) in [5.41, 5.74) is 0. The van der Waals surface area contributed by atoms with E-state index in [0.29, 0.717) is 31.0 Å². The second-order valence-corrected chi connectivity index (χ2v) is 7.57. The smallest absolute Gasteiger partial charge is 0.204 e. The molecule has 158 valence electrons. The molecule has 0 bridgehead atoms. The third kappa shape index (κ3) is 15.0. The Hall–Kier alpha value is -1.83. The summed E-state index contributed by atoms with van der Waals surface area (Å²) in [7, 11) is 1.70. The van der Waals surface area contributed by atoms with Gasteiger partial charge in [-0.25, -0.2) is 0 Å². The molecule has 0 aliphatic rings. The van der Waals surface area contributed by atoms with Gasteiger partial charge in [0.1, 0.15) is 0 Å². The normalized spacial score (nSPS) is 12.8. The van der Waals surface area contributed by atoms with Gasteiger partial charge in [-0.3, -0.25) is 25.6 Å². The zero-order chi connectivity index (χ0) is 20.8. The topological polar surface area (TPSA) is 94.4 Å². The van der Waals surface area contributed by atoms with Crippen LogP contribution in [0.3, 0.4) is 0 Å². The molecule has 0 rings (SSSR count). The van der Waals surface area contributed by atoms with Gasteiger partial charge in [0.2, 0.25) is 5.96 Å². The molecule has 8 heteroatoms. The van der Waals surface area contributed by atoms with Gasteiger partial charge in [0.25, 0.3) is 0 Å². The molecule has 0 atom stereocenters. The second-order valence-electron chi connectivity index (χ2n) is 7.57. The summed E-state index contributed by atoms with van der Waals surface area (Å²) in [6, 6.07) is 0.821. The average molecular weight is 384 g/mol. The standard InChI is InChI=1S/C19H41N7O/c1-13(2)21-18(22-14(3)4)25-17(20-11-10-12-27-9)26-19(23-15(5)6)24-16(7)8/h13-16H,10-12H2,1-9H3,(H4,20,21,22,23,24,25,26). The summed E-state index contributed by atoms with van der Waals surface area (Å²) < 4.78 is 5.11. The molecular weight excluding hydrogens is 342 g/mol. The Morgan fingerprint density at radius 2 is 1.19 bits per heavy atom. The molecule has 0 fully saturated rings. The number of guanidine groups is 3. The second kappa shape index (κ2) is 14.3. The van der Waals surface area contributed by atoms with Crippen molar-refractivity contribution in [1.29, 1.82) is 0 Å². The van der Waals surface area contributed by atoms with Crippen molar-refractivity contribution < 1.29 is 4.74 Å². The third-order valence-electron chi connectivity index (χ3n) is 2.88. The molecule has 8 nitrogen and oxygen atoms in total. The average Bonchev–Trinajstić information content (AvgIpc) is 2.48. The summed E-state index contributed by atoms with van der Waals surface area (Å²) in [5.74, 6) is 1.98. The highest BCUT2D eigenvalue weighted by molar-refractivity contribution is 6.06. The van der Waals surface area contributed by atoms with Gasteiger partial charge in [-0.15, -0.1) is 0 Å². The Labute approximate surface area is 165 Å². The molecule has 0 heterocycles. The lowest BCUT2D eigenvalue weighted by Crippen LogP contribution is -2.54. The Morgan fingerprint density at radius 3 is 1.52 bits per heavy atom. The maximum Gasteiger partial charge on any atom is 0.204 e. The minimum Gasteiger partial charge on any atom is -0.385 e. The minimum atomic E-state index is 0.158. The van der Waals surface area contributed by atoms with E-state index in [-0.39, 0.29) is 24.2 Å². The number of nitrogens with zero attached hydrogens (tertiary/aromatic N) is 3. The summed E-state index contributed by atoms with van der Waals surface area (Å²) >= 11 is 0. The number of nitrogens with one attached hydrogen (secondary N) is 4. The lowest BCUT2D eigenvalue weighted by atomic mass is 10.4. The van der Waals surface area contributed by atoms with Crippen LogP contribution in [0.15, 0.2) is 15.0 Å². The van der Waals surface area contributed by atoms with Gasteiger partial charge >= 0.3 is 0 Å². The Bertz CT molecular complexity index is 446.